The molecule has 0 saturated heterocycles. The van der Waals surface area contributed by atoms with Crippen molar-refractivity contribution in [1.29, 1.82) is 0 Å². The molecule has 0 heterocycles. The topological polar surface area (TPSA) is 29.5 Å². The summed E-state index contributed by atoms with van der Waals surface area (Å²) in [5, 5.41) is 10.4. The molecule has 0 amide bonds. The highest BCUT2D eigenvalue weighted by atomic mass is 16.6. The second kappa shape index (κ2) is 7.09. The maximum atomic E-state index is 10.4. The molecule has 1 aliphatic carbocycles. The van der Waals surface area contributed by atoms with Gasteiger partial charge in [0, 0.05) is 5.41 Å². The Bertz CT molecular complexity index is 308. The zero-order valence-corrected chi connectivity index (χ0v) is 14.3. The molecule has 0 aromatic carbocycles. The van der Waals surface area contributed by atoms with Gasteiger partial charge in [-0.1, -0.05) is 46.8 Å². The minimum atomic E-state index is -0.695. The van der Waals surface area contributed by atoms with Crippen molar-refractivity contribution in [1.82, 2.24) is 0 Å². The third kappa shape index (κ3) is 4.60. The molecule has 2 unspecified atom stereocenters. The average Bonchev–Trinajstić information content (AvgIpc) is 2.38. The van der Waals surface area contributed by atoms with E-state index < -0.39 is 6.29 Å². The Morgan fingerprint density at radius 3 is 2.10 bits per heavy atom. The largest absolute Gasteiger partial charge is 0.367 e. The lowest BCUT2D eigenvalue weighted by molar-refractivity contribution is -0.193. The number of aliphatic hydroxyl groups excluding tert-OH is 1. The molecule has 0 bridgehead atoms. The molecule has 0 aromatic rings. The van der Waals surface area contributed by atoms with Gasteiger partial charge in [0.05, 0.1) is 6.10 Å². The summed E-state index contributed by atoms with van der Waals surface area (Å²) in [6, 6.07) is 0. The first-order valence-electron chi connectivity index (χ1n) is 8.20. The van der Waals surface area contributed by atoms with Gasteiger partial charge in [-0.3, -0.25) is 0 Å². The van der Waals surface area contributed by atoms with E-state index in [1.165, 1.54) is 12.8 Å². The summed E-state index contributed by atoms with van der Waals surface area (Å²) in [5.41, 5.74) is 0.127. The molecule has 1 rings (SSSR count). The molecule has 1 N–H and O–H groups in total. The summed E-state index contributed by atoms with van der Waals surface area (Å²) in [6.07, 6.45) is 9.07. The van der Waals surface area contributed by atoms with Gasteiger partial charge >= 0.3 is 0 Å². The summed E-state index contributed by atoms with van der Waals surface area (Å²) >= 11 is 0. The number of rotatable bonds is 5. The molecule has 0 spiro atoms. The lowest BCUT2D eigenvalue weighted by Gasteiger charge is -2.39. The molecule has 1 fully saturated rings. The van der Waals surface area contributed by atoms with Crippen LogP contribution in [0.5, 0.6) is 0 Å². The highest BCUT2D eigenvalue weighted by Gasteiger charge is 2.34. The molecule has 2 heteroatoms. The highest BCUT2D eigenvalue weighted by molar-refractivity contribution is 4.97. The van der Waals surface area contributed by atoms with Crippen LogP contribution in [0.4, 0.5) is 0 Å². The summed E-state index contributed by atoms with van der Waals surface area (Å²) in [6.45, 7) is 13.1. The Labute approximate surface area is 125 Å². The van der Waals surface area contributed by atoms with Crippen LogP contribution < -0.4 is 0 Å². The van der Waals surface area contributed by atoms with E-state index in [1.807, 2.05) is 13.0 Å². The van der Waals surface area contributed by atoms with E-state index in [4.69, 9.17) is 4.74 Å². The van der Waals surface area contributed by atoms with Crippen LogP contribution in [0.2, 0.25) is 0 Å². The lowest BCUT2D eigenvalue weighted by atomic mass is 9.72. The van der Waals surface area contributed by atoms with Crippen molar-refractivity contribution in [3.8, 4) is 0 Å². The van der Waals surface area contributed by atoms with Gasteiger partial charge < -0.3 is 9.84 Å². The van der Waals surface area contributed by atoms with Gasteiger partial charge in [0.2, 0.25) is 0 Å². The van der Waals surface area contributed by atoms with Crippen molar-refractivity contribution in [3.63, 3.8) is 0 Å². The van der Waals surface area contributed by atoms with E-state index in [0.29, 0.717) is 5.41 Å². The number of allylic oxidation sites excluding steroid dienone is 1. The number of aliphatic hydroxyl groups is 1. The minimum absolute atomic E-state index is 0.222. The number of hydrogen-bond acceptors (Lipinski definition) is 2. The van der Waals surface area contributed by atoms with Crippen LogP contribution in [-0.4, -0.2) is 17.5 Å². The number of hydrogen-bond donors (Lipinski definition) is 1. The number of ether oxygens (including phenoxy) is 1. The molecule has 2 atom stereocenters. The van der Waals surface area contributed by atoms with Gasteiger partial charge in [0.15, 0.2) is 6.29 Å². The van der Waals surface area contributed by atoms with Gasteiger partial charge in [-0.25, -0.2) is 0 Å². The Kier molecular flexibility index (Phi) is 6.27. The van der Waals surface area contributed by atoms with Crippen molar-refractivity contribution in [2.75, 3.05) is 0 Å². The maximum absolute atomic E-state index is 10.4. The second-order valence-electron chi connectivity index (χ2n) is 7.69. The van der Waals surface area contributed by atoms with E-state index in [0.717, 1.165) is 25.2 Å². The SMILES string of the molecule is C/C=C\C(C)(CC)C(O)OC1CCC(C(C)(C)C)CC1. The van der Waals surface area contributed by atoms with Crippen LogP contribution in [0.25, 0.3) is 0 Å². The van der Waals surface area contributed by atoms with Crippen molar-refractivity contribution in [2.24, 2.45) is 16.7 Å². The molecule has 0 aromatic heterocycles. The average molecular weight is 282 g/mol. The van der Waals surface area contributed by atoms with Crippen LogP contribution in [0, 0.1) is 16.7 Å². The van der Waals surface area contributed by atoms with Crippen molar-refractivity contribution < 1.29 is 9.84 Å². The van der Waals surface area contributed by atoms with Gasteiger partial charge in [-0.15, -0.1) is 0 Å². The summed E-state index contributed by atoms with van der Waals surface area (Å²) in [4.78, 5) is 0. The Morgan fingerprint density at radius 1 is 1.15 bits per heavy atom. The zero-order chi connectivity index (χ0) is 15.4. The fraction of sp³-hybridized carbons (Fsp3) is 0.889. The first-order valence-corrected chi connectivity index (χ1v) is 8.20. The first-order chi connectivity index (χ1) is 9.23. The highest BCUT2D eigenvalue weighted by Crippen LogP contribution is 2.39. The van der Waals surface area contributed by atoms with E-state index >= 15 is 0 Å². The molecule has 118 valence electrons. The monoisotopic (exact) mass is 282 g/mol. The van der Waals surface area contributed by atoms with Gasteiger partial charge in [-0.05, 0) is 50.4 Å². The van der Waals surface area contributed by atoms with Crippen molar-refractivity contribution >= 4 is 0 Å². The Balaban J connectivity index is 2.51. The van der Waals surface area contributed by atoms with Crippen LogP contribution >= 0.6 is 0 Å². The zero-order valence-electron chi connectivity index (χ0n) is 14.3. The summed E-state index contributed by atoms with van der Waals surface area (Å²) in [5.74, 6) is 0.785. The fourth-order valence-corrected chi connectivity index (χ4v) is 3.16. The Hall–Kier alpha value is -0.340. The predicted molar refractivity (Wildman–Crippen MR) is 85.5 cm³/mol. The predicted octanol–water partition coefficient (Wildman–Crippen LogP) is 4.92. The molecule has 2 nitrogen and oxygen atoms in total. The molecule has 1 aliphatic rings. The molecule has 1 saturated carbocycles. The minimum Gasteiger partial charge on any atom is -0.367 e. The van der Waals surface area contributed by atoms with E-state index in [2.05, 4.69) is 40.7 Å². The van der Waals surface area contributed by atoms with E-state index in [9.17, 15) is 5.11 Å². The fourth-order valence-electron chi connectivity index (χ4n) is 3.16. The van der Waals surface area contributed by atoms with Crippen LogP contribution in [0.3, 0.4) is 0 Å². The first kappa shape index (κ1) is 17.7. The smallest absolute Gasteiger partial charge is 0.163 e. The third-order valence-electron chi connectivity index (χ3n) is 5.09. The maximum Gasteiger partial charge on any atom is 0.163 e. The second-order valence-corrected chi connectivity index (χ2v) is 7.69. The quantitative estimate of drug-likeness (QED) is 0.573. The Morgan fingerprint density at radius 2 is 1.70 bits per heavy atom. The normalized spacial score (nSPS) is 29.4. The molecule has 0 aliphatic heterocycles. The molecular weight excluding hydrogens is 248 g/mol. The van der Waals surface area contributed by atoms with Crippen molar-refractivity contribution in [3.05, 3.63) is 12.2 Å². The van der Waals surface area contributed by atoms with Gasteiger partial charge in [0.25, 0.3) is 0 Å². The third-order valence-corrected chi connectivity index (χ3v) is 5.09. The van der Waals surface area contributed by atoms with Crippen molar-refractivity contribution in [2.45, 2.75) is 86.0 Å². The van der Waals surface area contributed by atoms with E-state index in [1.54, 1.807) is 0 Å². The van der Waals surface area contributed by atoms with Gasteiger partial charge in [0.1, 0.15) is 0 Å². The standard InChI is InChI=1S/C18H34O2/c1-7-13-18(6,8-2)16(19)20-15-11-9-14(10-12-15)17(3,4)5/h7,13-16,19H,8-12H2,1-6H3/b13-7-. The van der Waals surface area contributed by atoms with Crippen LogP contribution in [-0.2, 0) is 4.74 Å². The van der Waals surface area contributed by atoms with Gasteiger partial charge in [-0.2, -0.15) is 0 Å². The summed E-state index contributed by atoms with van der Waals surface area (Å²) < 4.78 is 5.97. The summed E-state index contributed by atoms with van der Waals surface area (Å²) in [7, 11) is 0. The molecule has 0 radical (unpaired) electrons. The van der Waals surface area contributed by atoms with Crippen LogP contribution in [0.1, 0.15) is 73.6 Å². The van der Waals surface area contributed by atoms with Crippen LogP contribution in [0.15, 0.2) is 12.2 Å². The lowest BCUT2D eigenvalue weighted by Crippen LogP contribution is -2.38. The molecule has 20 heavy (non-hydrogen) atoms. The van der Waals surface area contributed by atoms with E-state index in [-0.39, 0.29) is 11.5 Å². The molecular formula is C18H34O2.